The average Bonchev–Trinajstić information content (AvgIpc) is 2.13. The molecule has 3 nitrogen and oxygen atoms in total. The van der Waals surface area contributed by atoms with E-state index in [0.717, 1.165) is 20.1 Å². The average molecular weight is 351 g/mol. The van der Waals surface area contributed by atoms with Crippen LogP contribution in [0.25, 0.3) is 0 Å². The van der Waals surface area contributed by atoms with Crippen molar-refractivity contribution < 1.29 is 0 Å². The minimum Gasteiger partial charge on any atom is -0.375 e. The van der Waals surface area contributed by atoms with Gasteiger partial charge in [-0.3, -0.25) is 5.43 Å². The van der Waals surface area contributed by atoms with Crippen molar-refractivity contribution in [3.05, 3.63) is 32.2 Å². The van der Waals surface area contributed by atoms with Crippen molar-refractivity contribution in [1.82, 2.24) is 5.43 Å². The number of hydrazone groups is 1. The SMILES string of the molecule is Cc1c(Br)cc(/C=N\NC(N)=S)cc1Br. The molecule has 0 aromatic heterocycles. The molecule has 0 unspecified atom stereocenters. The van der Waals surface area contributed by atoms with Gasteiger partial charge in [0.15, 0.2) is 5.11 Å². The number of nitrogens with one attached hydrogen (secondary N) is 1. The molecule has 0 bridgehead atoms. The quantitative estimate of drug-likeness (QED) is 0.490. The predicted octanol–water partition coefficient (Wildman–Crippen LogP) is 2.69. The molecule has 0 saturated heterocycles. The summed E-state index contributed by atoms with van der Waals surface area (Å²) in [5.74, 6) is 0. The lowest BCUT2D eigenvalue weighted by molar-refractivity contribution is 1.04. The Balaban J connectivity index is 2.87. The van der Waals surface area contributed by atoms with E-state index in [9.17, 15) is 0 Å². The highest BCUT2D eigenvalue weighted by Gasteiger charge is 2.01. The lowest BCUT2D eigenvalue weighted by atomic mass is 10.2. The van der Waals surface area contributed by atoms with Gasteiger partial charge in [0.2, 0.25) is 0 Å². The summed E-state index contributed by atoms with van der Waals surface area (Å²) in [7, 11) is 0. The Bertz CT molecular complexity index is 395. The summed E-state index contributed by atoms with van der Waals surface area (Å²) in [6, 6.07) is 3.93. The van der Waals surface area contributed by atoms with Crippen molar-refractivity contribution in [3.63, 3.8) is 0 Å². The summed E-state index contributed by atoms with van der Waals surface area (Å²) in [5, 5.41) is 4.02. The molecule has 0 heterocycles. The lowest BCUT2D eigenvalue weighted by Gasteiger charge is -2.03. The van der Waals surface area contributed by atoms with E-state index >= 15 is 0 Å². The van der Waals surface area contributed by atoms with Crippen LogP contribution in [0.15, 0.2) is 26.2 Å². The van der Waals surface area contributed by atoms with E-state index in [1.54, 1.807) is 6.21 Å². The van der Waals surface area contributed by atoms with Gasteiger partial charge in [-0.1, -0.05) is 31.9 Å². The Labute approximate surface area is 110 Å². The smallest absolute Gasteiger partial charge is 0.184 e. The van der Waals surface area contributed by atoms with E-state index in [-0.39, 0.29) is 5.11 Å². The first-order valence-electron chi connectivity index (χ1n) is 4.05. The van der Waals surface area contributed by atoms with Gasteiger partial charge in [-0.25, -0.2) is 0 Å². The molecule has 0 aliphatic heterocycles. The Morgan fingerprint density at radius 1 is 1.47 bits per heavy atom. The second kappa shape index (κ2) is 5.58. The molecule has 0 radical (unpaired) electrons. The number of hydrogen-bond donors (Lipinski definition) is 2. The van der Waals surface area contributed by atoms with E-state index in [1.807, 2.05) is 19.1 Å². The first kappa shape index (κ1) is 12.6. The Morgan fingerprint density at radius 3 is 2.47 bits per heavy atom. The van der Waals surface area contributed by atoms with Gasteiger partial charge in [0, 0.05) is 8.95 Å². The zero-order valence-corrected chi connectivity index (χ0v) is 11.9. The van der Waals surface area contributed by atoms with Crippen LogP contribution in [0.2, 0.25) is 0 Å². The van der Waals surface area contributed by atoms with E-state index in [2.05, 4.69) is 54.6 Å². The van der Waals surface area contributed by atoms with E-state index < -0.39 is 0 Å². The summed E-state index contributed by atoms with van der Waals surface area (Å²) < 4.78 is 2.04. The highest BCUT2D eigenvalue weighted by Crippen LogP contribution is 2.25. The lowest BCUT2D eigenvalue weighted by Crippen LogP contribution is -2.23. The molecule has 80 valence electrons. The monoisotopic (exact) mass is 349 g/mol. The van der Waals surface area contributed by atoms with Crippen molar-refractivity contribution >= 4 is 55.4 Å². The second-order valence-electron chi connectivity index (χ2n) is 2.84. The van der Waals surface area contributed by atoms with Gasteiger partial charge in [-0.15, -0.1) is 0 Å². The number of rotatable bonds is 2. The Hall–Kier alpha value is -0.460. The van der Waals surface area contributed by atoms with Crippen molar-refractivity contribution in [2.24, 2.45) is 10.8 Å². The van der Waals surface area contributed by atoms with Gasteiger partial charge in [-0.05, 0) is 42.4 Å². The van der Waals surface area contributed by atoms with Crippen LogP contribution in [0.5, 0.6) is 0 Å². The van der Waals surface area contributed by atoms with Gasteiger partial charge in [0.25, 0.3) is 0 Å². The van der Waals surface area contributed by atoms with E-state index in [1.165, 1.54) is 0 Å². The summed E-state index contributed by atoms with van der Waals surface area (Å²) in [6.45, 7) is 2.02. The minimum atomic E-state index is 0.150. The van der Waals surface area contributed by atoms with Crippen molar-refractivity contribution in [2.75, 3.05) is 0 Å². The van der Waals surface area contributed by atoms with Crippen LogP contribution < -0.4 is 11.2 Å². The highest BCUT2D eigenvalue weighted by molar-refractivity contribution is 9.11. The molecule has 3 N–H and O–H groups in total. The van der Waals surface area contributed by atoms with Gasteiger partial charge >= 0.3 is 0 Å². The van der Waals surface area contributed by atoms with Gasteiger partial charge in [0.05, 0.1) is 6.21 Å². The van der Waals surface area contributed by atoms with E-state index in [4.69, 9.17) is 5.73 Å². The normalized spacial score (nSPS) is 10.6. The van der Waals surface area contributed by atoms with Gasteiger partial charge in [0.1, 0.15) is 0 Å². The van der Waals surface area contributed by atoms with Crippen LogP contribution in [0, 0.1) is 6.92 Å². The number of thiocarbonyl (C=S) groups is 1. The molecule has 0 amide bonds. The zero-order valence-electron chi connectivity index (χ0n) is 7.92. The molecule has 0 spiro atoms. The molecule has 0 aliphatic rings. The molecule has 0 atom stereocenters. The molecule has 6 heteroatoms. The number of hydrogen-bond acceptors (Lipinski definition) is 2. The fourth-order valence-electron chi connectivity index (χ4n) is 0.910. The van der Waals surface area contributed by atoms with Gasteiger partial charge < -0.3 is 5.73 Å². The van der Waals surface area contributed by atoms with Gasteiger partial charge in [-0.2, -0.15) is 5.10 Å². The van der Waals surface area contributed by atoms with E-state index in [0.29, 0.717) is 0 Å². The number of halogens is 2. The molecule has 1 rings (SSSR count). The van der Waals surface area contributed by atoms with Crippen molar-refractivity contribution in [1.29, 1.82) is 0 Å². The third-order valence-corrected chi connectivity index (χ3v) is 3.43. The number of nitrogens with two attached hydrogens (primary N) is 1. The van der Waals surface area contributed by atoms with Crippen molar-refractivity contribution in [2.45, 2.75) is 6.92 Å². The second-order valence-corrected chi connectivity index (χ2v) is 4.99. The Morgan fingerprint density at radius 2 is 2.00 bits per heavy atom. The van der Waals surface area contributed by atoms with Crippen LogP contribution in [0.1, 0.15) is 11.1 Å². The van der Waals surface area contributed by atoms with Crippen LogP contribution >= 0.6 is 44.1 Å². The maximum atomic E-state index is 5.23. The largest absolute Gasteiger partial charge is 0.375 e. The standard InChI is InChI=1S/C9H9Br2N3S/c1-5-7(10)2-6(3-8(5)11)4-13-14-9(12)15/h2-4H,1H3,(H3,12,14,15)/b13-4-. The highest BCUT2D eigenvalue weighted by atomic mass is 79.9. The predicted molar refractivity (Wildman–Crippen MR) is 74.1 cm³/mol. The number of nitrogens with zero attached hydrogens (tertiary/aromatic N) is 1. The molecular formula is C9H9Br2N3S. The molecule has 1 aromatic carbocycles. The van der Waals surface area contributed by atoms with Crippen LogP contribution in [0.3, 0.4) is 0 Å². The summed E-state index contributed by atoms with van der Waals surface area (Å²) in [4.78, 5) is 0. The zero-order chi connectivity index (χ0) is 11.4. The van der Waals surface area contributed by atoms with Crippen molar-refractivity contribution in [3.8, 4) is 0 Å². The molecule has 1 aromatic rings. The first-order valence-corrected chi connectivity index (χ1v) is 6.04. The van der Waals surface area contributed by atoms with Crippen LogP contribution in [0.4, 0.5) is 0 Å². The topological polar surface area (TPSA) is 50.4 Å². The molecule has 0 aliphatic carbocycles. The first-order chi connectivity index (χ1) is 7.00. The fourth-order valence-corrected chi connectivity index (χ4v) is 2.18. The summed E-state index contributed by atoms with van der Waals surface area (Å²) >= 11 is 11.5. The molecule has 0 saturated carbocycles. The third-order valence-electron chi connectivity index (χ3n) is 1.69. The Kier molecular flexibility index (Phi) is 4.69. The third kappa shape index (κ3) is 3.89. The maximum Gasteiger partial charge on any atom is 0.184 e. The maximum absolute atomic E-state index is 5.23. The fraction of sp³-hybridized carbons (Fsp3) is 0.111. The minimum absolute atomic E-state index is 0.150. The molecular weight excluding hydrogens is 342 g/mol. The molecule has 0 fully saturated rings. The molecule has 15 heavy (non-hydrogen) atoms. The number of benzene rings is 1. The summed E-state index contributed by atoms with van der Waals surface area (Å²) in [6.07, 6.45) is 1.65. The van der Waals surface area contributed by atoms with Crippen LogP contribution in [-0.4, -0.2) is 11.3 Å². The van der Waals surface area contributed by atoms with Crippen LogP contribution in [-0.2, 0) is 0 Å². The summed E-state index contributed by atoms with van der Waals surface area (Å²) in [5.41, 5.74) is 9.82.